The number of amides is 1. The highest BCUT2D eigenvalue weighted by atomic mass is 35.5. The largest absolute Gasteiger partial charge is 0.417 e. The van der Waals surface area contributed by atoms with E-state index in [0.717, 1.165) is 25.0 Å². The van der Waals surface area contributed by atoms with Crippen LogP contribution in [0.25, 0.3) is 0 Å². The Morgan fingerprint density at radius 2 is 1.88 bits per heavy atom. The Morgan fingerprint density at radius 1 is 1.25 bits per heavy atom. The van der Waals surface area contributed by atoms with E-state index in [9.17, 15) is 26.4 Å². The van der Waals surface area contributed by atoms with E-state index in [0.29, 0.717) is 12.8 Å². The zero-order valence-electron chi connectivity index (χ0n) is 12.7. The van der Waals surface area contributed by atoms with Gasteiger partial charge in [-0.15, -0.1) is 0 Å². The molecule has 0 aliphatic heterocycles. The Bertz CT molecular complexity index is 713. The fourth-order valence-electron chi connectivity index (χ4n) is 2.69. The lowest BCUT2D eigenvalue weighted by Crippen LogP contribution is -2.24. The van der Waals surface area contributed by atoms with Gasteiger partial charge in [0.05, 0.1) is 21.6 Å². The van der Waals surface area contributed by atoms with Gasteiger partial charge in [-0.05, 0) is 31.0 Å². The van der Waals surface area contributed by atoms with Gasteiger partial charge in [0.1, 0.15) is 0 Å². The number of anilines is 1. The number of hydrogen-bond donors (Lipinski definition) is 1. The summed E-state index contributed by atoms with van der Waals surface area (Å²) < 4.78 is 62.4. The lowest BCUT2D eigenvalue weighted by molar-refractivity contribution is -0.137. The van der Waals surface area contributed by atoms with Gasteiger partial charge in [-0.1, -0.05) is 24.4 Å². The van der Waals surface area contributed by atoms with Gasteiger partial charge in [0.25, 0.3) is 0 Å². The highest BCUT2D eigenvalue weighted by Gasteiger charge is 2.33. The van der Waals surface area contributed by atoms with E-state index >= 15 is 0 Å². The molecule has 0 atom stereocenters. The third-order valence-corrected chi connectivity index (χ3v) is 6.57. The molecule has 1 N–H and O–H groups in total. The molecule has 1 aromatic rings. The van der Waals surface area contributed by atoms with Crippen molar-refractivity contribution < 1.29 is 26.4 Å². The van der Waals surface area contributed by atoms with Crippen LogP contribution in [-0.2, 0) is 20.8 Å². The summed E-state index contributed by atoms with van der Waals surface area (Å²) in [5.41, 5.74) is -1.13. The minimum atomic E-state index is -4.64. The molecule has 1 saturated carbocycles. The molecule has 0 spiro atoms. The molecule has 1 aliphatic rings. The number of carbonyl (C=O) groups excluding carboxylic acids is 1. The van der Waals surface area contributed by atoms with Gasteiger partial charge in [0.2, 0.25) is 5.91 Å². The summed E-state index contributed by atoms with van der Waals surface area (Å²) in [6, 6.07) is 3.00. The predicted octanol–water partition coefficient (Wildman–Crippen LogP) is 4.04. The molecular weight excluding hydrogens is 367 g/mol. The number of sulfone groups is 1. The Labute approximate surface area is 143 Å². The molecule has 1 fully saturated rings. The number of hydrogen-bond acceptors (Lipinski definition) is 3. The molecular formula is C15H17ClF3NO3S. The summed E-state index contributed by atoms with van der Waals surface area (Å²) in [6.45, 7) is 0. The minimum absolute atomic E-state index is 0.0741. The lowest BCUT2D eigenvalue weighted by Gasteiger charge is -2.13. The molecule has 1 amide bonds. The number of carbonyl (C=O) groups is 1. The fraction of sp³-hybridized carbons (Fsp3) is 0.533. The maximum atomic E-state index is 12.8. The molecule has 2 rings (SSSR count). The number of nitrogens with one attached hydrogen (secondary N) is 1. The Kier molecular flexibility index (Phi) is 5.80. The molecule has 1 aromatic carbocycles. The van der Waals surface area contributed by atoms with Crippen LogP contribution in [0.2, 0.25) is 5.02 Å². The maximum Gasteiger partial charge on any atom is 0.417 e. The Morgan fingerprint density at radius 3 is 2.46 bits per heavy atom. The second-order valence-electron chi connectivity index (χ2n) is 5.76. The standard InChI is InChI=1S/C15H17ClF3NO3S/c16-13-6-5-10(9-12(13)15(17,18)19)20-14(21)7-8-24(22,23)11-3-1-2-4-11/h5-6,9,11H,1-4,7-8H2,(H,20,21). The second kappa shape index (κ2) is 7.31. The smallest absolute Gasteiger partial charge is 0.326 e. The van der Waals surface area contributed by atoms with Crippen molar-refractivity contribution in [2.24, 2.45) is 0 Å². The summed E-state index contributed by atoms with van der Waals surface area (Å²) in [5, 5.41) is 1.41. The average Bonchev–Trinajstić information content (AvgIpc) is 3.01. The van der Waals surface area contributed by atoms with Crippen molar-refractivity contribution in [3.8, 4) is 0 Å². The summed E-state index contributed by atoms with van der Waals surface area (Å²) in [5.74, 6) is -0.949. The van der Waals surface area contributed by atoms with Crippen LogP contribution < -0.4 is 5.32 Å². The topological polar surface area (TPSA) is 63.2 Å². The second-order valence-corrected chi connectivity index (χ2v) is 8.57. The highest BCUT2D eigenvalue weighted by molar-refractivity contribution is 7.92. The molecule has 4 nitrogen and oxygen atoms in total. The van der Waals surface area contributed by atoms with Gasteiger partial charge in [-0.2, -0.15) is 13.2 Å². The SMILES string of the molecule is O=C(CCS(=O)(=O)C1CCCC1)Nc1ccc(Cl)c(C(F)(F)F)c1. The monoisotopic (exact) mass is 383 g/mol. The summed E-state index contributed by atoms with van der Waals surface area (Å²) in [7, 11) is -3.35. The quantitative estimate of drug-likeness (QED) is 0.834. The van der Waals surface area contributed by atoms with Crippen molar-refractivity contribution in [1.82, 2.24) is 0 Å². The van der Waals surface area contributed by atoms with E-state index in [1.165, 1.54) is 6.07 Å². The number of alkyl halides is 3. The van der Waals surface area contributed by atoms with Crippen molar-refractivity contribution in [1.29, 1.82) is 0 Å². The first-order valence-electron chi connectivity index (χ1n) is 7.48. The molecule has 1 aliphatic carbocycles. The van der Waals surface area contributed by atoms with E-state index < -0.39 is 37.8 Å². The van der Waals surface area contributed by atoms with E-state index in [2.05, 4.69) is 5.32 Å². The lowest BCUT2D eigenvalue weighted by atomic mass is 10.2. The predicted molar refractivity (Wildman–Crippen MR) is 85.7 cm³/mol. The summed E-state index contributed by atoms with van der Waals surface area (Å²) >= 11 is 5.50. The Balaban J connectivity index is 1.98. The average molecular weight is 384 g/mol. The first-order chi connectivity index (χ1) is 11.1. The van der Waals surface area contributed by atoms with Crippen LogP contribution >= 0.6 is 11.6 Å². The van der Waals surface area contributed by atoms with E-state index in [1.54, 1.807) is 0 Å². The van der Waals surface area contributed by atoms with Crippen LogP contribution in [0.3, 0.4) is 0 Å². The fourth-order valence-corrected chi connectivity index (χ4v) is 4.77. The van der Waals surface area contributed by atoms with Crippen molar-refractivity contribution >= 4 is 33.0 Å². The van der Waals surface area contributed by atoms with Crippen LogP contribution in [0.4, 0.5) is 18.9 Å². The maximum absolute atomic E-state index is 12.8. The zero-order valence-corrected chi connectivity index (χ0v) is 14.3. The molecule has 0 radical (unpaired) electrons. The highest BCUT2D eigenvalue weighted by Crippen LogP contribution is 2.36. The zero-order chi connectivity index (χ0) is 18.0. The summed E-state index contributed by atoms with van der Waals surface area (Å²) in [4.78, 5) is 11.8. The minimum Gasteiger partial charge on any atom is -0.326 e. The summed E-state index contributed by atoms with van der Waals surface area (Å²) in [6.07, 6.45) is -1.99. The van der Waals surface area contributed by atoms with Gasteiger partial charge >= 0.3 is 6.18 Å². The number of halogens is 4. The molecule has 0 bridgehead atoms. The first kappa shape index (κ1) is 19.1. The van der Waals surface area contributed by atoms with E-state index in [-0.39, 0.29) is 17.9 Å². The van der Waals surface area contributed by atoms with Crippen molar-refractivity contribution in [2.45, 2.75) is 43.5 Å². The van der Waals surface area contributed by atoms with Gasteiger partial charge < -0.3 is 5.32 Å². The normalized spacial score (nSPS) is 16.3. The van der Waals surface area contributed by atoms with Crippen molar-refractivity contribution in [2.75, 3.05) is 11.1 Å². The molecule has 0 saturated heterocycles. The third kappa shape index (κ3) is 4.86. The van der Waals surface area contributed by atoms with Crippen LogP contribution in [0.1, 0.15) is 37.7 Å². The third-order valence-electron chi connectivity index (χ3n) is 3.98. The van der Waals surface area contributed by atoms with Crippen molar-refractivity contribution in [3.05, 3.63) is 28.8 Å². The van der Waals surface area contributed by atoms with Crippen LogP contribution in [0.5, 0.6) is 0 Å². The van der Waals surface area contributed by atoms with Gasteiger partial charge in [0.15, 0.2) is 9.84 Å². The van der Waals surface area contributed by atoms with Gasteiger partial charge in [-0.25, -0.2) is 8.42 Å². The molecule has 0 heterocycles. The number of benzene rings is 1. The van der Waals surface area contributed by atoms with Crippen LogP contribution in [-0.4, -0.2) is 25.3 Å². The van der Waals surface area contributed by atoms with E-state index in [1.807, 2.05) is 0 Å². The van der Waals surface area contributed by atoms with Crippen LogP contribution in [0, 0.1) is 0 Å². The first-order valence-corrected chi connectivity index (χ1v) is 9.57. The van der Waals surface area contributed by atoms with Gasteiger partial charge in [-0.3, -0.25) is 4.79 Å². The molecule has 9 heteroatoms. The molecule has 0 aromatic heterocycles. The number of rotatable bonds is 5. The van der Waals surface area contributed by atoms with Crippen molar-refractivity contribution in [3.63, 3.8) is 0 Å². The Hall–Kier alpha value is -1.28. The molecule has 134 valence electrons. The molecule has 0 unspecified atom stereocenters. The van der Waals surface area contributed by atoms with E-state index in [4.69, 9.17) is 11.6 Å². The molecule has 24 heavy (non-hydrogen) atoms. The van der Waals surface area contributed by atoms with Gasteiger partial charge in [0, 0.05) is 12.1 Å². The van der Waals surface area contributed by atoms with Crippen LogP contribution in [0.15, 0.2) is 18.2 Å².